The Bertz CT molecular complexity index is 759. The number of nitrogens with one attached hydrogen (secondary N) is 2. The van der Waals surface area contributed by atoms with E-state index in [9.17, 15) is 9.90 Å². The van der Waals surface area contributed by atoms with Crippen LogP contribution in [-0.4, -0.2) is 16.0 Å². The van der Waals surface area contributed by atoms with Gasteiger partial charge in [0.15, 0.2) is 0 Å². The van der Waals surface area contributed by atoms with Crippen molar-refractivity contribution in [3.63, 3.8) is 0 Å². The zero-order valence-corrected chi connectivity index (χ0v) is 11.6. The lowest BCUT2D eigenvalue weighted by Gasteiger charge is -2.13. The predicted molar refractivity (Wildman–Crippen MR) is 82.3 cm³/mol. The fourth-order valence-corrected chi connectivity index (χ4v) is 2.35. The number of para-hydroxylation sites is 1. The first kappa shape index (κ1) is 13.2. The van der Waals surface area contributed by atoms with Crippen LogP contribution in [0.2, 0.25) is 0 Å². The van der Waals surface area contributed by atoms with Crippen LogP contribution in [0, 0.1) is 0 Å². The molecule has 2 aromatic carbocycles. The highest BCUT2D eigenvalue weighted by Crippen LogP contribution is 2.19. The Labute approximate surface area is 122 Å². The smallest absolute Gasteiger partial charge is 0.268 e. The molecule has 1 amide bonds. The number of rotatable bonds is 3. The van der Waals surface area contributed by atoms with Crippen molar-refractivity contribution in [2.24, 2.45) is 0 Å². The lowest BCUT2D eigenvalue weighted by molar-refractivity contribution is 0.0935. The second-order valence-electron chi connectivity index (χ2n) is 5.06. The molecule has 1 aromatic heterocycles. The first-order valence-electron chi connectivity index (χ1n) is 6.81. The maximum Gasteiger partial charge on any atom is 0.268 e. The Kier molecular flexibility index (Phi) is 3.36. The number of phenolic OH excluding ortho intramolecular Hbond substituents is 1. The van der Waals surface area contributed by atoms with Crippen molar-refractivity contribution in [3.05, 3.63) is 65.9 Å². The van der Waals surface area contributed by atoms with Gasteiger partial charge in [-0.1, -0.05) is 30.3 Å². The van der Waals surface area contributed by atoms with Crippen LogP contribution in [0.1, 0.15) is 29.0 Å². The Morgan fingerprint density at radius 3 is 2.71 bits per heavy atom. The molecule has 0 saturated heterocycles. The number of benzene rings is 2. The van der Waals surface area contributed by atoms with E-state index in [0.717, 1.165) is 16.5 Å². The molecule has 0 aliphatic carbocycles. The van der Waals surface area contributed by atoms with Crippen molar-refractivity contribution < 1.29 is 9.90 Å². The van der Waals surface area contributed by atoms with E-state index in [2.05, 4.69) is 10.3 Å². The van der Waals surface area contributed by atoms with E-state index in [1.165, 1.54) is 0 Å². The van der Waals surface area contributed by atoms with Crippen LogP contribution in [-0.2, 0) is 0 Å². The molecule has 0 radical (unpaired) electrons. The molecular weight excluding hydrogens is 264 g/mol. The lowest BCUT2D eigenvalue weighted by atomic mass is 10.1. The quantitative estimate of drug-likeness (QED) is 0.688. The molecule has 0 aliphatic heterocycles. The van der Waals surface area contributed by atoms with Crippen LogP contribution >= 0.6 is 0 Å². The first-order chi connectivity index (χ1) is 10.1. The number of amides is 1. The zero-order valence-electron chi connectivity index (χ0n) is 11.6. The zero-order chi connectivity index (χ0) is 14.8. The summed E-state index contributed by atoms with van der Waals surface area (Å²) in [5.41, 5.74) is 2.33. The SMILES string of the molecule is CC(NC(=O)c1cc2ccccc2[nH]1)c1cccc(O)c1. The summed E-state index contributed by atoms with van der Waals surface area (Å²) in [5.74, 6) is 0.0289. The minimum atomic E-state index is -0.184. The van der Waals surface area contributed by atoms with Gasteiger partial charge in [-0.3, -0.25) is 4.79 Å². The molecule has 106 valence electrons. The molecule has 0 saturated carbocycles. The van der Waals surface area contributed by atoms with Gasteiger partial charge in [0.2, 0.25) is 0 Å². The summed E-state index contributed by atoms with van der Waals surface area (Å²) in [4.78, 5) is 15.4. The maximum atomic E-state index is 12.3. The van der Waals surface area contributed by atoms with Crippen LogP contribution in [0.4, 0.5) is 0 Å². The molecule has 21 heavy (non-hydrogen) atoms. The molecule has 1 atom stereocenters. The van der Waals surface area contributed by atoms with Crippen molar-refractivity contribution >= 4 is 16.8 Å². The minimum Gasteiger partial charge on any atom is -0.508 e. The van der Waals surface area contributed by atoms with Crippen LogP contribution in [0.3, 0.4) is 0 Å². The first-order valence-corrected chi connectivity index (χ1v) is 6.81. The molecule has 0 aliphatic rings. The van der Waals surface area contributed by atoms with Crippen LogP contribution < -0.4 is 5.32 Å². The molecule has 4 heteroatoms. The summed E-state index contributed by atoms with van der Waals surface area (Å²) in [6.45, 7) is 1.88. The van der Waals surface area contributed by atoms with Gasteiger partial charge in [-0.25, -0.2) is 0 Å². The number of aromatic hydroxyl groups is 1. The number of fused-ring (bicyclic) bond motifs is 1. The van der Waals surface area contributed by atoms with E-state index in [1.54, 1.807) is 18.2 Å². The van der Waals surface area contributed by atoms with Gasteiger partial charge in [0, 0.05) is 10.9 Å². The monoisotopic (exact) mass is 280 g/mol. The number of H-pyrrole nitrogens is 1. The van der Waals surface area contributed by atoms with Crippen molar-refractivity contribution in [2.45, 2.75) is 13.0 Å². The third-order valence-corrected chi connectivity index (χ3v) is 3.49. The molecular formula is C17H16N2O2. The Hall–Kier alpha value is -2.75. The van der Waals surface area contributed by atoms with Crippen molar-refractivity contribution in [2.75, 3.05) is 0 Å². The van der Waals surface area contributed by atoms with Gasteiger partial charge >= 0.3 is 0 Å². The van der Waals surface area contributed by atoms with Gasteiger partial charge < -0.3 is 15.4 Å². The topological polar surface area (TPSA) is 65.1 Å². The Morgan fingerprint density at radius 1 is 1.14 bits per heavy atom. The van der Waals surface area contributed by atoms with Gasteiger partial charge in [0.25, 0.3) is 5.91 Å². The normalized spacial score (nSPS) is 12.2. The van der Waals surface area contributed by atoms with Gasteiger partial charge in [-0.15, -0.1) is 0 Å². The summed E-state index contributed by atoms with van der Waals surface area (Å²) in [7, 11) is 0. The van der Waals surface area contributed by atoms with Gasteiger partial charge in [0.05, 0.1) is 6.04 Å². The Balaban J connectivity index is 1.79. The number of hydrogen-bond donors (Lipinski definition) is 3. The van der Waals surface area contributed by atoms with Crippen molar-refractivity contribution in [1.29, 1.82) is 0 Å². The minimum absolute atomic E-state index is 0.165. The third-order valence-electron chi connectivity index (χ3n) is 3.49. The van der Waals surface area contributed by atoms with Gasteiger partial charge in [-0.05, 0) is 36.8 Å². The van der Waals surface area contributed by atoms with Crippen LogP contribution in [0.25, 0.3) is 10.9 Å². The van der Waals surface area contributed by atoms with Crippen LogP contribution in [0.5, 0.6) is 5.75 Å². The second kappa shape index (κ2) is 5.32. The number of carbonyl (C=O) groups excluding carboxylic acids is 1. The molecule has 3 N–H and O–H groups in total. The fraction of sp³-hybridized carbons (Fsp3) is 0.118. The predicted octanol–water partition coefficient (Wildman–Crippen LogP) is 3.36. The number of phenols is 1. The number of aromatic amines is 1. The fourth-order valence-electron chi connectivity index (χ4n) is 2.35. The maximum absolute atomic E-state index is 12.3. The average molecular weight is 280 g/mol. The van der Waals surface area contributed by atoms with E-state index in [0.29, 0.717) is 5.69 Å². The molecule has 0 fully saturated rings. The van der Waals surface area contributed by atoms with Crippen molar-refractivity contribution in [1.82, 2.24) is 10.3 Å². The molecule has 4 nitrogen and oxygen atoms in total. The molecule has 3 rings (SSSR count). The number of hydrogen-bond acceptors (Lipinski definition) is 2. The highest BCUT2D eigenvalue weighted by molar-refractivity contribution is 5.98. The Morgan fingerprint density at radius 2 is 1.95 bits per heavy atom. The lowest BCUT2D eigenvalue weighted by Crippen LogP contribution is -2.26. The molecule has 0 bridgehead atoms. The molecule has 3 aromatic rings. The van der Waals surface area contributed by atoms with E-state index in [1.807, 2.05) is 43.3 Å². The third kappa shape index (κ3) is 2.74. The standard InChI is InChI=1S/C17H16N2O2/c1-11(12-6-4-7-14(20)9-12)18-17(21)16-10-13-5-2-3-8-15(13)19-16/h2-11,19-20H,1H3,(H,18,21). The highest BCUT2D eigenvalue weighted by Gasteiger charge is 2.13. The molecule has 0 spiro atoms. The molecule has 1 unspecified atom stereocenters. The van der Waals surface area contributed by atoms with Gasteiger partial charge in [0.1, 0.15) is 11.4 Å². The van der Waals surface area contributed by atoms with E-state index in [4.69, 9.17) is 0 Å². The molecule has 1 heterocycles. The largest absolute Gasteiger partial charge is 0.508 e. The van der Waals surface area contributed by atoms with E-state index >= 15 is 0 Å². The number of carbonyl (C=O) groups is 1. The summed E-state index contributed by atoms with van der Waals surface area (Å²) in [6, 6.07) is 16.3. The van der Waals surface area contributed by atoms with E-state index < -0.39 is 0 Å². The van der Waals surface area contributed by atoms with Gasteiger partial charge in [-0.2, -0.15) is 0 Å². The summed E-state index contributed by atoms with van der Waals surface area (Å²) >= 11 is 0. The highest BCUT2D eigenvalue weighted by atomic mass is 16.3. The summed E-state index contributed by atoms with van der Waals surface area (Å²) in [5, 5.41) is 13.4. The van der Waals surface area contributed by atoms with Crippen molar-refractivity contribution in [3.8, 4) is 5.75 Å². The summed E-state index contributed by atoms with van der Waals surface area (Å²) in [6.07, 6.45) is 0. The summed E-state index contributed by atoms with van der Waals surface area (Å²) < 4.78 is 0. The average Bonchev–Trinajstić information content (AvgIpc) is 2.91. The van der Waals surface area contributed by atoms with Crippen LogP contribution in [0.15, 0.2) is 54.6 Å². The van der Waals surface area contributed by atoms with E-state index in [-0.39, 0.29) is 17.7 Å². The number of aromatic nitrogens is 1. The second-order valence-corrected chi connectivity index (χ2v) is 5.06.